The van der Waals surface area contributed by atoms with Gasteiger partial charge in [-0.15, -0.1) is 0 Å². The third-order valence-electron chi connectivity index (χ3n) is 7.66. The molecule has 1 aromatic rings. The minimum Gasteiger partial charge on any atom is -0.392 e. The summed E-state index contributed by atoms with van der Waals surface area (Å²) in [6.45, 7) is 6.13. The van der Waals surface area contributed by atoms with Crippen LogP contribution in [-0.2, 0) is 6.42 Å². The molecule has 3 aliphatic rings. The van der Waals surface area contributed by atoms with Crippen molar-refractivity contribution in [1.82, 2.24) is 4.90 Å². The number of aliphatic hydroxyl groups is 1. The zero-order chi connectivity index (χ0) is 20.8. The van der Waals surface area contributed by atoms with Gasteiger partial charge in [-0.05, 0) is 102 Å². The summed E-state index contributed by atoms with van der Waals surface area (Å²) in [5.74, 6) is 1.62. The standard InChI is InChI=1S/C28H41NO/c1-22-10-9-13-23(18-22)11-4-5-14-26-27-20-24(19-25(27)21-28(26)30)12-3-2-6-15-29-16-7-8-17-29/h5,9-10,13-14,18-19,25-28,30H,2-4,6-8,11-12,15-17,20-21H2,1H3/t25-,26+,27-,28+/m0/s1. The summed E-state index contributed by atoms with van der Waals surface area (Å²) >= 11 is 0. The normalized spacial score (nSPS) is 29.1. The Balaban J connectivity index is 1.17. The molecule has 0 bridgehead atoms. The number of allylic oxidation sites excluding steroid dienone is 3. The predicted molar refractivity (Wildman–Crippen MR) is 127 cm³/mol. The van der Waals surface area contributed by atoms with Crippen LogP contribution in [0.15, 0.2) is 48.1 Å². The highest BCUT2D eigenvalue weighted by Gasteiger charge is 2.43. The molecule has 2 aliphatic carbocycles. The number of rotatable bonds is 10. The van der Waals surface area contributed by atoms with E-state index in [-0.39, 0.29) is 6.10 Å². The second kappa shape index (κ2) is 10.8. The van der Waals surface area contributed by atoms with Crippen LogP contribution in [0.5, 0.6) is 0 Å². The number of benzene rings is 1. The zero-order valence-corrected chi connectivity index (χ0v) is 18.9. The number of aliphatic hydroxyl groups excluding tert-OH is 1. The number of hydrogen-bond donors (Lipinski definition) is 1. The van der Waals surface area contributed by atoms with Gasteiger partial charge in [0.05, 0.1) is 6.10 Å². The van der Waals surface area contributed by atoms with Gasteiger partial charge in [-0.25, -0.2) is 0 Å². The monoisotopic (exact) mass is 407 g/mol. The molecule has 2 nitrogen and oxygen atoms in total. The molecule has 4 atom stereocenters. The molecule has 2 heteroatoms. The summed E-state index contributed by atoms with van der Waals surface area (Å²) in [5, 5.41) is 10.6. The Morgan fingerprint density at radius 2 is 1.97 bits per heavy atom. The molecule has 164 valence electrons. The fourth-order valence-corrected chi connectivity index (χ4v) is 6.03. The lowest BCUT2D eigenvalue weighted by Crippen LogP contribution is -2.20. The lowest BCUT2D eigenvalue weighted by Gasteiger charge is -2.18. The second-order valence-electron chi connectivity index (χ2n) is 10.1. The minimum absolute atomic E-state index is 0.145. The van der Waals surface area contributed by atoms with Crippen LogP contribution in [0.3, 0.4) is 0 Å². The van der Waals surface area contributed by atoms with E-state index in [9.17, 15) is 5.11 Å². The van der Waals surface area contributed by atoms with Gasteiger partial charge in [0.15, 0.2) is 0 Å². The lowest BCUT2D eigenvalue weighted by atomic mass is 9.88. The maximum Gasteiger partial charge on any atom is 0.0611 e. The Bertz CT molecular complexity index is 730. The van der Waals surface area contributed by atoms with Crippen molar-refractivity contribution in [2.75, 3.05) is 19.6 Å². The highest BCUT2D eigenvalue weighted by Crippen LogP contribution is 2.48. The van der Waals surface area contributed by atoms with E-state index in [0.29, 0.717) is 17.8 Å². The number of nitrogens with zero attached hydrogens (tertiary/aromatic N) is 1. The quantitative estimate of drug-likeness (QED) is 0.375. The molecule has 1 saturated heterocycles. The molecule has 0 radical (unpaired) electrons. The molecule has 4 rings (SSSR count). The Kier molecular flexibility index (Phi) is 7.84. The number of unbranched alkanes of at least 4 members (excludes halogenated alkanes) is 2. The molecule has 1 N–H and O–H groups in total. The van der Waals surface area contributed by atoms with Crippen molar-refractivity contribution in [3.63, 3.8) is 0 Å². The molecule has 0 spiro atoms. The summed E-state index contributed by atoms with van der Waals surface area (Å²) in [6, 6.07) is 8.82. The van der Waals surface area contributed by atoms with Crippen molar-refractivity contribution in [2.45, 2.75) is 77.2 Å². The molecule has 2 fully saturated rings. The first kappa shape index (κ1) is 21.8. The van der Waals surface area contributed by atoms with Gasteiger partial charge in [-0.2, -0.15) is 0 Å². The van der Waals surface area contributed by atoms with Gasteiger partial charge < -0.3 is 10.0 Å². The van der Waals surface area contributed by atoms with Gasteiger partial charge in [0.1, 0.15) is 0 Å². The van der Waals surface area contributed by atoms with Gasteiger partial charge in [-0.1, -0.05) is 60.1 Å². The largest absolute Gasteiger partial charge is 0.392 e. The number of aryl methyl sites for hydroxylation is 2. The molecule has 1 aromatic carbocycles. The molecular formula is C28H41NO. The lowest BCUT2D eigenvalue weighted by molar-refractivity contribution is 0.141. The van der Waals surface area contributed by atoms with E-state index < -0.39 is 0 Å². The van der Waals surface area contributed by atoms with Crippen LogP contribution in [0.1, 0.15) is 68.9 Å². The maximum absolute atomic E-state index is 10.6. The maximum atomic E-state index is 10.6. The first-order valence-electron chi connectivity index (χ1n) is 12.5. The van der Waals surface area contributed by atoms with Crippen LogP contribution < -0.4 is 0 Å². The van der Waals surface area contributed by atoms with Gasteiger partial charge in [0, 0.05) is 5.92 Å². The summed E-state index contributed by atoms with van der Waals surface area (Å²) in [6.07, 6.45) is 19.6. The van der Waals surface area contributed by atoms with Crippen molar-refractivity contribution >= 4 is 0 Å². The van der Waals surface area contributed by atoms with Crippen LogP contribution in [0.2, 0.25) is 0 Å². The highest BCUT2D eigenvalue weighted by atomic mass is 16.3. The third-order valence-corrected chi connectivity index (χ3v) is 7.66. The van der Waals surface area contributed by atoms with E-state index in [0.717, 1.165) is 19.3 Å². The van der Waals surface area contributed by atoms with E-state index in [1.807, 2.05) is 0 Å². The molecule has 0 aromatic heterocycles. The van der Waals surface area contributed by atoms with Crippen LogP contribution in [0.4, 0.5) is 0 Å². The number of likely N-dealkylation sites (tertiary alicyclic amines) is 1. The van der Waals surface area contributed by atoms with Crippen molar-refractivity contribution in [1.29, 1.82) is 0 Å². The first-order valence-corrected chi connectivity index (χ1v) is 12.5. The minimum atomic E-state index is -0.145. The topological polar surface area (TPSA) is 23.5 Å². The van der Waals surface area contributed by atoms with Crippen molar-refractivity contribution in [2.24, 2.45) is 17.8 Å². The molecule has 30 heavy (non-hydrogen) atoms. The van der Waals surface area contributed by atoms with Gasteiger partial charge in [-0.3, -0.25) is 0 Å². The summed E-state index contributed by atoms with van der Waals surface area (Å²) < 4.78 is 0. The van der Waals surface area contributed by atoms with E-state index in [1.54, 1.807) is 5.57 Å². The third kappa shape index (κ3) is 5.86. The van der Waals surface area contributed by atoms with E-state index in [2.05, 4.69) is 54.3 Å². The van der Waals surface area contributed by atoms with Crippen molar-refractivity contribution in [3.05, 3.63) is 59.2 Å². The Hall–Kier alpha value is -1.38. The number of hydrogen-bond acceptors (Lipinski definition) is 2. The predicted octanol–water partition coefficient (Wildman–Crippen LogP) is 6.08. The SMILES string of the molecule is Cc1cccc(CCC=C[C@@H]2[C@H]3CC(CCCCCN4CCCC4)=C[C@H]3C[C@H]2O)c1. The average Bonchev–Trinajstić information content (AvgIpc) is 3.43. The van der Waals surface area contributed by atoms with E-state index in [4.69, 9.17) is 0 Å². The summed E-state index contributed by atoms with van der Waals surface area (Å²) in [5.41, 5.74) is 4.43. The van der Waals surface area contributed by atoms with Gasteiger partial charge in [0.2, 0.25) is 0 Å². The molecule has 1 heterocycles. The molecule has 0 unspecified atom stereocenters. The van der Waals surface area contributed by atoms with Crippen LogP contribution >= 0.6 is 0 Å². The zero-order valence-electron chi connectivity index (χ0n) is 18.9. The summed E-state index contributed by atoms with van der Waals surface area (Å²) in [4.78, 5) is 2.64. The fraction of sp³-hybridized carbons (Fsp3) is 0.643. The van der Waals surface area contributed by atoms with Gasteiger partial charge in [0.25, 0.3) is 0 Å². The second-order valence-corrected chi connectivity index (χ2v) is 10.1. The molecule has 1 saturated carbocycles. The first-order chi connectivity index (χ1) is 14.7. The fourth-order valence-electron chi connectivity index (χ4n) is 6.03. The molecule has 0 amide bonds. The van der Waals surface area contributed by atoms with Crippen molar-refractivity contribution in [3.8, 4) is 0 Å². The van der Waals surface area contributed by atoms with Gasteiger partial charge >= 0.3 is 0 Å². The molecule has 1 aliphatic heterocycles. The Labute approximate surface area is 184 Å². The van der Waals surface area contributed by atoms with Crippen molar-refractivity contribution < 1.29 is 5.11 Å². The number of fused-ring (bicyclic) bond motifs is 1. The van der Waals surface area contributed by atoms with E-state index in [1.165, 1.54) is 75.7 Å². The smallest absolute Gasteiger partial charge is 0.0611 e. The highest BCUT2D eigenvalue weighted by molar-refractivity contribution is 5.23. The Morgan fingerprint density at radius 1 is 1.10 bits per heavy atom. The van der Waals surface area contributed by atoms with Crippen LogP contribution in [-0.4, -0.2) is 35.7 Å². The van der Waals surface area contributed by atoms with E-state index >= 15 is 0 Å². The Morgan fingerprint density at radius 3 is 2.80 bits per heavy atom. The average molecular weight is 408 g/mol. The van der Waals surface area contributed by atoms with Crippen LogP contribution in [0.25, 0.3) is 0 Å². The molecular weight excluding hydrogens is 366 g/mol. The van der Waals surface area contributed by atoms with Crippen LogP contribution in [0, 0.1) is 24.7 Å². The summed E-state index contributed by atoms with van der Waals surface area (Å²) in [7, 11) is 0.